The van der Waals surface area contributed by atoms with Gasteiger partial charge in [0.2, 0.25) is 0 Å². The highest BCUT2D eigenvalue weighted by atomic mass is 15.3. The van der Waals surface area contributed by atoms with Gasteiger partial charge in [-0.05, 0) is 37.5 Å². The van der Waals surface area contributed by atoms with Crippen LogP contribution in [0.15, 0.2) is 0 Å². The summed E-state index contributed by atoms with van der Waals surface area (Å²) in [5.41, 5.74) is 8.75. The molecule has 0 spiro atoms. The van der Waals surface area contributed by atoms with Crippen LogP contribution < -0.4 is 5.73 Å². The molecule has 2 aliphatic carbocycles. The van der Waals surface area contributed by atoms with Crippen LogP contribution in [0.1, 0.15) is 49.8 Å². The lowest BCUT2D eigenvalue weighted by molar-refractivity contribution is 0.588. The second kappa shape index (κ2) is 3.51. The largest absolute Gasteiger partial charge is 0.384 e. The lowest BCUT2D eigenvalue weighted by Crippen LogP contribution is -2.01. The van der Waals surface area contributed by atoms with Crippen LogP contribution in [0.25, 0.3) is 0 Å². The Morgan fingerprint density at radius 2 is 2.00 bits per heavy atom. The SMILES string of the molecule is CCCc1c(C2CC3CC3C2)nn(C)c1N. The number of nitrogens with zero attached hydrogens (tertiary/aromatic N) is 2. The number of fused-ring (bicyclic) bond motifs is 1. The molecule has 1 heterocycles. The minimum absolute atomic E-state index is 0.703. The van der Waals surface area contributed by atoms with Crippen LogP contribution in [0.2, 0.25) is 0 Å². The van der Waals surface area contributed by atoms with E-state index in [1.807, 2.05) is 11.7 Å². The molecule has 0 radical (unpaired) electrons. The van der Waals surface area contributed by atoms with Gasteiger partial charge in [-0.25, -0.2) is 0 Å². The van der Waals surface area contributed by atoms with Crippen LogP contribution in [0, 0.1) is 11.8 Å². The number of rotatable bonds is 3. The lowest BCUT2D eigenvalue weighted by atomic mass is 9.94. The highest BCUT2D eigenvalue weighted by Gasteiger charge is 2.47. The van der Waals surface area contributed by atoms with Crippen LogP contribution in [0.3, 0.4) is 0 Å². The summed E-state index contributed by atoms with van der Waals surface area (Å²) in [6.07, 6.45) is 6.43. The molecule has 3 rings (SSSR count). The Kier molecular flexibility index (Phi) is 2.23. The standard InChI is InChI=1S/C13H21N3/c1-3-4-11-12(15-16(2)13(11)14)10-6-8-5-9(8)7-10/h8-10H,3-7,14H2,1-2H3. The zero-order chi connectivity index (χ0) is 11.3. The van der Waals surface area contributed by atoms with Gasteiger partial charge in [-0.3, -0.25) is 4.68 Å². The van der Waals surface area contributed by atoms with Gasteiger partial charge in [0.05, 0.1) is 5.69 Å². The molecule has 2 N–H and O–H groups in total. The summed E-state index contributed by atoms with van der Waals surface area (Å²) in [6.45, 7) is 2.21. The van der Waals surface area contributed by atoms with E-state index < -0.39 is 0 Å². The van der Waals surface area contributed by atoms with Crippen molar-refractivity contribution in [3.05, 3.63) is 11.3 Å². The van der Waals surface area contributed by atoms with E-state index in [0.717, 1.165) is 30.5 Å². The van der Waals surface area contributed by atoms with Crippen LogP contribution in [-0.4, -0.2) is 9.78 Å². The average Bonchev–Trinajstić information content (AvgIpc) is 2.78. The van der Waals surface area contributed by atoms with Crippen molar-refractivity contribution in [2.24, 2.45) is 18.9 Å². The smallest absolute Gasteiger partial charge is 0.124 e. The van der Waals surface area contributed by atoms with Gasteiger partial charge in [-0.15, -0.1) is 0 Å². The van der Waals surface area contributed by atoms with Crippen molar-refractivity contribution in [3.8, 4) is 0 Å². The summed E-state index contributed by atoms with van der Waals surface area (Å²) in [6, 6.07) is 0. The average molecular weight is 219 g/mol. The quantitative estimate of drug-likeness (QED) is 0.848. The summed E-state index contributed by atoms with van der Waals surface area (Å²) in [7, 11) is 1.97. The summed E-state index contributed by atoms with van der Waals surface area (Å²) in [5, 5.41) is 4.66. The molecule has 2 aliphatic rings. The maximum absolute atomic E-state index is 6.10. The second-order valence-electron chi connectivity index (χ2n) is 5.55. The summed E-state index contributed by atoms with van der Waals surface area (Å²) < 4.78 is 1.87. The molecule has 2 saturated carbocycles. The molecule has 0 amide bonds. The van der Waals surface area contributed by atoms with Gasteiger partial charge < -0.3 is 5.73 Å². The van der Waals surface area contributed by atoms with Gasteiger partial charge in [0.15, 0.2) is 0 Å². The van der Waals surface area contributed by atoms with Gasteiger partial charge in [-0.1, -0.05) is 13.3 Å². The molecule has 3 heteroatoms. The van der Waals surface area contributed by atoms with Crippen molar-refractivity contribution in [2.75, 3.05) is 5.73 Å². The molecule has 0 bridgehead atoms. The van der Waals surface area contributed by atoms with E-state index in [4.69, 9.17) is 5.73 Å². The third-order valence-corrected chi connectivity index (χ3v) is 4.36. The van der Waals surface area contributed by atoms with Crippen molar-refractivity contribution in [1.29, 1.82) is 0 Å². The van der Waals surface area contributed by atoms with Crippen molar-refractivity contribution in [1.82, 2.24) is 9.78 Å². The topological polar surface area (TPSA) is 43.8 Å². The lowest BCUT2D eigenvalue weighted by Gasteiger charge is -2.10. The minimum atomic E-state index is 0.703. The predicted molar refractivity (Wildman–Crippen MR) is 65.2 cm³/mol. The first-order valence-corrected chi connectivity index (χ1v) is 6.52. The first-order chi connectivity index (χ1) is 7.70. The third kappa shape index (κ3) is 1.45. The van der Waals surface area contributed by atoms with Gasteiger partial charge in [0.25, 0.3) is 0 Å². The van der Waals surface area contributed by atoms with Gasteiger partial charge in [0.1, 0.15) is 5.82 Å². The summed E-state index contributed by atoms with van der Waals surface area (Å²) in [5.74, 6) is 3.62. The Labute approximate surface area is 97.0 Å². The Hall–Kier alpha value is -0.990. The molecule has 2 fully saturated rings. The van der Waals surface area contributed by atoms with Crippen molar-refractivity contribution >= 4 is 5.82 Å². The Morgan fingerprint density at radius 3 is 2.62 bits per heavy atom. The molecule has 2 atom stereocenters. The number of hydrogen-bond acceptors (Lipinski definition) is 2. The van der Waals surface area contributed by atoms with Crippen LogP contribution in [0.4, 0.5) is 5.82 Å². The van der Waals surface area contributed by atoms with Gasteiger partial charge in [-0.2, -0.15) is 5.10 Å². The molecule has 0 aromatic carbocycles. The molecule has 0 aliphatic heterocycles. The molecule has 2 unspecified atom stereocenters. The van der Waals surface area contributed by atoms with Crippen molar-refractivity contribution < 1.29 is 0 Å². The summed E-state index contributed by atoms with van der Waals surface area (Å²) in [4.78, 5) is 0. The second-order valence-corrected chi connectivity index (χ2v) is 5.55. The fourth-order valence-electron chi connectivity index (χ4n) is 3.37. The normalized spacial score (nSPS) is 31.8. The molecule has 0 saturated heterocycles. The highest BCUT2D eigenvalue weighted by molar-refractivity contribution is 5.45. The minimum Gasteiger partial charge on any atom is -0.384 e. The van der Waals surface area contributed by atoms with Crippen molar-refractivity contribution in [3.63, 3.8) is 0 Å². The Bertz CT molecular complexity index is 398. The number of nitrogens with two attached hydrogens (primary N) is 1. The maximum Gasteiger partial charge on any atom is 0.124 e. The Balaban J connectivity index is 1.90. The van der Waals surface area contributed by atoms with Gasteiger partial charge >= 0.3 is 0 Å². The van der Waals surface area contributed by atoms with E-state index in [1.54, 1.807) is 0 Å². The first-order valence-electron chi connectivity index (χ1n) is 6.52. The molecule has 3 nitrogen and oxygen atoms in total. The van der Waals surface area contributed by atoms with Crippen LogP contribution in [-0.2, 0) is 13.5 Å². The zero-order valence-electron chi connectivity index (χ0n) is 10.2. The molecule has 16 heavy (non-hydrogen) atoms. The van der Waals surface area contributed by atoms with Gasteiger partial charge in [0, 0.05) is 18.5 Å². The van der Waals surface area contributed by atoms with Crippen LogP contribution >= 0.6 is 0 Å². The van der Waals surface area contributed by atoms with E-state index in [2.05, 4.69) is 12.0 Å². The van der Waals surface area contributed by atoms with Crippen LogP contribution in [0.5, 0.6) is 0 Å². The fraction of sp³-hybridized carbons (Fsp3) is 0.769. The highest BCUT2D eigenvalue weighted by Crippen LogP contribution is 2.57. The number of hydrogen-bond donors (Lipinski definition) is 1. The number of aromatic nitrogens is 2. The number of aryl methyl sites for hydroxylation is 1. The number of nitrogen functional groups attached to an aromatic ring is 1. The fourth-order valence-corrected chi connectivity index (χ4v) is 3.37. The Morgan fingerprint density at radius 1 is 1.31 bits per heavy atom. The molecular formula is C13H21N3. The molecule has 1 aromatic rings. The molecular weight excluding hydrogens is 198 g/mol. The van der Waals surface area contributed by atoms with E-state index >= 15 is 0 Å². The van der Waals surface area contributed by atoms with E-state index in [-0.39, 0.29) is 0 Å². The maximum atomic E-state index is 6.10. The monoisotopic (exact) mass is 219 g/mol. The molecule has 1 aromatic heterocycles. The van der Waals surface area contributed by atoms with Crippen molar-refractivity contribution in [2.45, 2.75) is 44.9 Å². The summed E-state index contributed by atoms with van der Waals surface area (Å²) >= 11 is 0. The molecule has 88 valence electrons. The number of anilines is 1. The zero-order valence-corrected chi connectivity index (χ0v) is 10.2. The van der Waals surface area contributed by atoms with E-state index in [0.29, 0.717) is 5.92 Å². The van der Waals surface area contributed by atoms with E-state index in [1.165, 1.54) is 30.5 Å². The predicted octanol–water partition coefficient (Wildman–Crippen LogP) is 2.47. The first kappa shape index (κ1) is 10.2. The third-order valence-electron chi connectivity index (χ3n) is 4.36. The van der Waals surface area contributed by atoms with E-state index in [9.17, 15) is 0 Å².